The molecular weight excluding hydrogens is 391 g/mol. The number of nitrogens with zero attached hydrogens (tertiary/aromatic N) is 1. The number of likely N-dealkylation sites (N-methyl/N-ethyl adjacent to an activating group) is 1. The number of amides is 1. The maximum atomic E-state index is 12.9. The number of hydrogen-bond donors (Lipinski definition) is 1. The molecule has 0 unspecified atom stereocenters. The molecule has 0 heterocycles. The van der Waals surface area contributed by atoms with E-state index in [1.165, 1.54) is 14.2 Å². The predicted octanol–water partition coefficient (Wildman–Crippen LogP) is 1.64. The van der Waals surface area contributed by atoms with Gasteiger partial charge in [-0.15, -0.1) is 0 Å². The van der Waals surface area contributed by atoms with Crippen molar-refractivity contribution in [2.45, 2.75) is 4.90 Å². The number of anilines is 1. The van der Waals surface area contributed by atoms with Gasteiger partial charge in [0, 0.05) is 12.7 Å². The normalized spacial score (nSPS) is 11.1. The summed E-state index contributed by atoms with van der Waals surface area (Å²) in [4.78, 5) is 23.5. The molecule has 2 rings (SSSR count). The molecule has 0 aliphatic rings. The summed E-state index contributed by atoms with van der Waals surface area (Å²) in [7, 11) is -1.30. The monoisotopic (exact) mass is 410 g/mol. The fraction of sp³-hybridized carbons (Fsp3) is 0.222. The van der Waals surface area contributed by atoms with Crippen LogP contribution in [-0.4, -0.2) is 51.9 Å². The van der Waals surface area contributed by atoms with Gasteiger partial charge in [-0.05, 0) is 48.5 Å². The van der Waals surface area contributed by atoms with E-state index < -0.39 is 40.9 Å². The molecule has 0 fully saturated rings. The van der Waals surface area contributed by atoms with Crippen LogP contribution in [0.5, 0.6) is 5.75 Å². The number of ether oxygens (including phenoxy) is 2. The van der Waals surface area contributed by atoms with Gasteiger partial charge in [0.05, 0.1) is 12.0 Å². The minimum Gasteiger partial charge on any atom is -0.497 e. The van der Waals surface area contributed by atoms with Crippen LogP contribution < -0.4 is 10.1 Å². The summed E-state index contributed by atoms with van der Waals surface area (Å²) in [6, 6.07) is 10.7. The number of methoxy groups -OCH3 is 1. The predicted molar refractivity (Wildman–Crippen MR) is 98.8 cm³/mol. The van der Waals surface area contributed by atoms with E-state index >= 15 is 0 Å². The molecule has 150 valence electrons. The third-order valence-corrected chi connectivity index (χ3v) is 5.43. The number of carbonyl (C=O) groups is 2. The Hall–Kier alpha value is -2.98. The second-order valence-electron chi connectivity index (χ2n) is 5.65. The molecule has 0 saturated heterocycles. The van der Waals surface area contributed by atoms with Gasteiger partial charge in [-0.2, -0.15) is 4.31 Å². The zero-order chi connectivity index (χ0) is 20.7. The van der Waals surface area contributed by atoms with Gasteiger partial charge in [0.2, 0.25) is 10.0 Å². The number of esters is 1. The molecule has 10 heteroatoms. The van der Waals surface area contributed by atoms with Crippen molar-refractivity contribution in [2.24, 2.45) is 0 Å². The minimum absolute atomic E-state index is 0.165. The van der Waals surface area contributed by atoms with Crippen LogP contribution in [0.15, 0.2) is 53.4 Å². The lowest BCUT2D eigenvalue weighted by molar-refractivity contribution is -0.147. The van der Waals surface area contributed by atoms with Crippen molar-refractivity contribution >= 4 is 27.6 Å². The highest BCUT2D eigenvalue weighted by molar-refractivity contribution is 7.89. The van der Waals surface area contributed by atoms with Gasteiger partial charge < -0.3 is 14.8 Å². The summed E-state index contributed by atoms with van der Waals surface area (Å²) in [6.45, 7) is -1.18. The SMILES string of the molecule is COc1ccc(NC(=O)COC(=O)CN(C)S(=O)(=O)c2ccc(F)cc2)cc1. The number of sulfonamides is 1. The second kappa shape index (κ2) is 9.29. The summed E-state index contributed by atoms with van der Waals surface area (Å²) in [6.07, 6.45) is 0. The average molecular weight is 410 g/mol. The molecule has 0 radical (unpaired) electrons. The fourth-order valence-corrected chi connectivity index (χ4v) is 3.23. The Morgan fingerprint density at radius 2 is 1.68 bits per heavy atom. The lowest BCUT2D eigenvalue weighted by atomic mass is 10.3. The van der Waals surface area contributed by atoms with Gasteiger partial charge in [-0.3, -0.25) is 9.59 Å². The molecule has 0 atom stereocenters. The molecule has 1 N–H and O–H groups in total. The lowest BCUT2D eigenvalue weighted by Crippen LogP contribution is -2.34. The molecule has 0 aliphatic carbocycles. The first-order chi connectivity index (χ1) is 13.2. The molecule has 0 aliphatic heterocycles. The highest BCUT2D eigenvalue weighted by Crippen LogP contribution is 2.16. The summed E-state index contributed by atoms with van der Waals surface area (Å²) < 4.78 is 48.1. The van der Waals surface area contributed by atoms with E-state index in [1.54, 1.807) is 24.3 Å². The molecule has 8 nitrogen and oxygen atoms in total. The van der Waals surface area contributed by atoms with Crippen LogP contribution >= 0.6 is 0 Å². The number of hydrogen-bond acceptors (Lipinski definition) is 6. The first-order valence-corrected chi connectivity index (χ1v) is 9.48. The van der Waals surface area contributed by atoms with Crippen LogP contribution in [0.4, 0.5) is 10.1 Å². The maximum absolute atomic E-state index is 12.9. The number of halogens is 1. The van der Waals surface area contributed by atoms with Crippen molar-refractivity contribution in [1.29, 1.82) is 0 Å². The summed E-state index contributed by atoms with van der Waals surface area (Å²) >= 11 is 0. The van der Waals surface area contributed by atoms with E-state index in [2.05, 4.69) is 5.32 Å². The van der Waals surface area contributed by atoms with Crippen molar-refractivity contribution in [3.8, 4) is 5.75 Å². The van der Waals surface area contributed by atoms with Crippen LogP contribution in [0.25, 0.3) is 0 Å². The van der Waals surface area contributed by atoms with Crippen molar-refractivity contribution < 1.29 is 31.9 Å². The zero-order valence-corrected chi connectivity index (χ0v) is 16.0. The van der Waals surface area contributed by atoms with Crippen LogP contribution in [0, 0.1) is 5.82 Å². The van der Waals surface area contributed by atoms with Crippen molar-refractivity contribution in [2.75, 3.05) is 32.6 Å². The third-order valence-electron chi connectivity index (χ3n) is 3.61. The topological polar surface area (TPSA) is 102 Å². The molecule has 2 aromatic carbocycles. The van der Waals surface area contributed by atoms with E-state index in [9.17, 15) is 22.4 Å². The van der Waals surface area contributed by atoms with Gasteiger partial charge in [0.1, 0.15) is 18.1 Å². The Balaban J connectivity index is 1.85. The zero-order valence-electron chi connectivity index (χ0n) is 15.2. The Morgan fingerprint density at radius 3 is 2.25 bits per heavy atom. The molecule has 0 bridgehead atoms. The van der Waals surface area contributed by atoms with E-state index in [1.807, 2.05) is 0 Å². The molecule has 2 aromatic rings. The first kappa shape index (κ1) is 21.3. The van der Waals surface area contributed by atoms with Crippen molar-refractivity contribution in [3.63, 3.8) is 0 Å². The number of rotatable bonds is 8. The van der Waals surface area contributed by atoms with Crippen LogP contribution in [0.1, 0.15) is 0 Å². The largest absolute Gasteiger partial charge is 0.497 e. The second-order valence-corrected chi connectivity index (χ2v) is 7.70. The van der Waals surface area contributed by atoms with E-state index in [-0.39, 0.29) is 4.90 Å². The Labute approximate surface area is 161 Å². The van der Waals surface area contributed by atoms with Crippen LogP contribution in [0.3, 0.4) is 0 Å². The fourth-order valence-electron chi connectivity index (χ4n) is 2.12. The minimum atomic E-state index is -3.99. The molecule has 0 spiro atoms. The quantitative estimate of drug-likeness (QED) is 0.664. The number of nitrogens with one attached hydrogen (secondary N) is 1. The van der Waals surface area contributed by atoms with Gasteiger partial charge in [-0.1, -0.05) is 0 Å². The summed E-state index contributed by atoms with van der Waals surface area (Å²) in [5.41, 5.74) is 0.484. The number of carbonyl (C=O) groups excluding carboxylic acids is 2. The standard InChI is InChI=1S/C18H19FN2O6S/c1-21(28(24,25)16-9-3-13(19)4-10-16)11-18(23)27-12-17(22)20-14-5-7-15(26-2)8-6-14/h3-10H,11-12H2,1-2H3,(H,20,22). The molecule has 28 heavy (non-hydrogen) atoms. The highest BCUT2D eigenvalue weighted by Gasteiger charge is 2.24. The van der Waals surface area contributed by atoms with E-state index in [0.717, 1.165) is 28.6 Å². The highest BCUT2D eigenvalue weighted by atomic mass is 32.2. The Kier molecular flexibility index (Phi) is 7.07. The maximum Gasteiger partial charge on any atom is 0.321 e. The Morgan fingerprint density at radius 1 is 1.07 bits per heavy atom. The van der Waals surface area contributed by atoms with Gasteiger partial charge >= 0.3 is 5.97 Å². The average Bonchev–Trinajstić information content (AvgIpc) is 2.67. The van der Waals surface area contributed by atoms with Crippen LogP contribution in [-0.2, 0) is 24.3 Å². The van der Waals surface area contributed by atoms with Gasteiger partial charge in [0.25, 0.3) is 5.91 Å². The van der Waals surface area contributed by atoms with Gasteiger partial charge in [-0.25, -0.2) is 12.8 Å². The van der Waals surface area contributed by atoms with Crippen molar-refractivity contribution in [1.82, 2.24) is 4.31 Å². The Bertz CT molecular complexity index is 930. The number of benzene rings is 2. The molecule has 0 aromatic heterocycles. The third kappa shape index (κ3) is 5.76. The molecular formula is C18H19FN2O6S. The summed E-state index contributed by atoms with van der Waals surface area (Å²) in [5, 5.41) is 2.52. The molecule has 1 amide bonds. The van der Waals surface area contributed by atoms with Gasteiger partial charge in [0.15, 0.2) is 6.61 Å². The van der Waals surface area contributed by atoms with E-state index in [4.69, 9.17) is 9.47 Å². The van der Waals surface area contributed by atoms with E-state index in [0.29, 0.717) is 11.4 Å². The first-order valence-electron chi connectivity index (χ1n) is 8.04. The van der Waals surface area contributed by atoms with Crippen molar-refractivity contribution in [3.05, 3.63) is 54.3 Å². The smallest absolute Gasteiger partial charge is 0.321 e. The van der Waals surface area contributed by atoms with Crippen LogP contribution in [0.2, 0.25) is 0 Å². The summed E-state index contributed by atoms with van der Waals surface area (Å²) in [5.74, 6) is -1.45. The lowest BCUT2D eigenvalue weighted by Gasteiger charge is -2.16. The molecule has 0 saturated carbocycles.